The molecular weight excluding hydrogens is 194 g/mol. The Labute approximate surface area is 78.9 Å². The van der Waals surface area contributed by atoms with Crippen LogP contribution in [0.5, 0.6) is 0 Å². The van der Waals surface area contributed by atoms with E-state index in [4.69, 9.17) is 0 Å². The summed E-state index contributed by atoms with van der Waals surface area (Å²) in [6, 6.07) is 0. The number of rotatable bonds is 2. The molecule has 72 valence electrons. The Morgan fingerprint density at radius 1 is 1.85 bits per heavy atom. The highest BCUT2D eigenvalue weighted by atomic mass is 32.1. The molecule has 1 N–H and O–H groups in total. The topological polar surface area (TPSA) is 78.2 Å². The minimum atomic E-state index is -0.574. The predicted molar refractivity (Wildman–Crippen MR) is 46.5 cm³/mol. The van der Waals surface area contributed by atoms with E-state index in [9.17, 15) is 10.0 Å². The van der Waals surface area contributed by atoms with E-state index in [1.54, 1.807) is 13.8 Å². The smallest absolute Gasteiger partial charge is 0.412 e. The lowest BCUT2D eigenvalue weighted by Gasteiger charge is -2.00. The number of hydrogen-bond acceptors (Lipinski definition) is 5. The summed E-state index contributed by atoms with van der Waals surface area (Å²) in [4.78, 5) is 11.4. The molecular formula is C6H9N3O3S. The first-order chi connectivity index (χ1) is 6.15. The minimum Gasteiger partial charge on any atom is -0.593 e. The van der Waals surface area contributed by atoms with Crippen LogP contribution in [-0.2, 0) is 4.74 Å². The number of hydrogen-bond donors (Lipinski definition) is 1. The van der Waals surface area contributed by atoms with Gasteiger partial charge in [0.2, 0.25) is 0 Å². The number of nitrogens with one attached hydrogen (secondary N) is 1. The number of nitrogens with zero attached hydrogens (tertiary/aromatic N) is 2. The first-order valence-electron chi connectivity index (χ1n) is 3.65. The second-order valence-electron chi connectivity index (χ2n) is 2.21. The van der Waals surface area contributed by atoms with Crippen molar-refractivity contribution in [3.8, 4) is 0 Å². The van der Waals surface area contributed by atoms with Crippen LogP contribution in [0.3, 0.4) is 0 Å². The lowest BCUT2D eigenvalue weighted by Crippen LogP contribution is -2.30. The van der Waals surface area contributed by atoms with Crippen molar-refractivity contribution in [3.63, 3.8) is 0 Å². The van der Waals surface area contributed by atoms with E-state index in [0.717, 1.165) is 11.5 Å². The van der Waals surface area contributed by atoms with Crippen molar-refractivity contribution in [1.29, 1.82) is 0 Å². The Balaban J connectivity index is 2.64. The van der Waals surface area contributed by atoms with E-state index in [2.05, 4.69) is 14.5 Å². The Kier molecular flexibility index (Phi) is 3.02. The molecule has 0 spiro atoms. The van der Waals surface area contributed by atoms with Gasteiger partial charge in [-0.2, -0.15) is 0 Å². The highest BCUT2D eigenvalue weighted by Gasteiger charge is 2.15. The molecule has 13 heavy (non-hydrogen) atoms. The second kappa shape index (κ2) is 4.04. The summed E-state index contributed by atoms with van der Waals surface area (Å²) >= 11 is 0.919. The molecule has 0 bridgehead atoms. The van der Waals surface area contributed by atoms with Gasteiger partial charge < -0.3 is 9.94 Å². The van der Waals surface area contributed by atoms with Crippen LogP contribution in [0.25, 0.3) is 0 Å². The third kappa shape index (κ3) is 2.28. The van der Waals surface area contributed by atoms with E-state index in [1.165, 1.54) is 0 Å². The molecule has 0 aliphatic heterocycles. The van der Waals surface area contributed by atoms with Crippen LogP contribution in [0.1, 0.15) is 12.6 Å². The van der Waals surface area contributed by atoms with Crippen molar-refractivity contribution in [1.82, 2.24) is 4.49 Å². The first kappa shape index (κ1) is 9.72. The highest BCUT2D eigenvalue weighted by molar-refractivity contribution is 7.10. The molecule has 0 saturated carbocycles. The zero-order valence-corrected chi connectivity index (χ0v) is 8.05. The summed E-state index contributed by atoms with van der Waals surface area (Å²) in [6.07, 6.45) is -0.574. The van der Waals surface area contributed by atoms with Gasteiger partial charge in [-0.3, -0.25) is 5.32 Å². The fourth-order valence-corrected chi connectivity index (χ4v) is 1.28. The van der Waals surface area contributed by atoms with E-state index in [0.29, 0.717) is 22.1 Å². The Morgan fingerprint density at radius 3 is 3.00 bits per heavy atom. The molecule has 1 rings (SSSR count). The molecule has 0 radical (unpaired) electrons. The monoisotopic (exact) mass is 203 g/mol. The number of carbonyl (C=O) groups is 1. The van der Waals surface area contributed by atoms with E-state index in [1.807, 2.05) is 0 Å². The van der Waals surface area contributed by atoms with Crippen molar-refractivity contribution in [2.45, 2.75) is 13.8 Å². The lowest BCUT2D eigenvalue weighted by atomic mass is 10.5. The summed E-state index contributed by atoms with van der Waals surface area (Å²) in [7, 11) is 0. The minimum absolute atomic E-state index is 0.293. The molecule has 7 heteroatoms. The molecule has 1 heterocycles. The SMILES string of the molecule is CCOC(=O)Nc1sn[n+]([O-])c1C. The first-order valence-corrected chi connectivity index (χ1v) is 4.42. The van der Waals surface area contributed by atoms with Crippen LogP contribution in [-0.4, -0.2) is 17.2 Å². The van der Waals surface area contributed by atoms with E-state index in [-0.39, 0.29) is 0 Å². The number of amides is 1. The van der Waals surface area contributed by atoms with Gasteiger partial charge in [-0.05, 0) is 11.8 Å². The third-order valence-electron chi connectivity index (χ3n) is 1.31. The van der Waals surface area contributed by atoms with Gasteiger partial charge in [-0.15, -0.1) is 0 Å². The van der Waals surface area contributed by atoms with Crippen LogP contribution in [0.2, 0.25) is 0 Å². The van der Waals surface area contributed by atoms with Crippen molar-refractivity contribution in [3.05, 3.63) is 10.9 Å². The average molecular weight is 203 g/mol. The van der Waals surface area contributed by atoms with Gasteiger partial charge in [-0.1, -0.05) is 0 Å². The highest BCUT2D eigenvalue weighted by Crippen LogP contribution is 2.14. The van der Waals surface area contributed by atoms with Crippen LogP contribution >= 0.6 is 11.5 Å². The van der Waals surface area contributed by atoms with Gasteiger partial charge in [0.05, 0.1) is 22.6 Å². The maximum absolute atomic E-state index is 10.9. The van der Waals surface area contributed by atoms with Crippen LogP contribution in [0.4, 0.5) is 9.80 Å². The van der Waals surface area contributed by atoms with Gasteiger partial charge >= 0.3 is 6.09 Å². The Hall–Kier alpha value is -1.37. The maximum Gasteiger partial charge on any atom is 0.412 e. The number of aromatic nitrogens is 2. The molecule has 6 nitrogen and oxygen atoms in total. The van der Waals surface area contributed by atoms with Gasteiger partial charge in [0.1, 0.15) is 0 Å². The zero-order chi connectivity index (χ0) is 9.84. The summed E-state index contributed by atoms with van der Waals surface area (Å²) in [5.74, 6) is 0. The van der Waals surface area contributed by atoms with Gasteiger partial charge in [0.25, 0.3) is 5.69 Å². The molecule has 0 atom stereocenters. The van der Waals surface area contributed by atoms with E-state index < -0.39 is 6.09 Å². The van der Waals surface area contributed by atoms with Crippen molar-refractivity contribution >= 4 is 22.6 Å². The summed E-state index contributed by atoms with van der Waals surface area (Å²) in [6.45, 7) is 3.56. The Morgan fingerprint density at radius 2 is 2.54 bits per heavy atom. The Bertz CT molecular complexity index is 312. The fourth-order valence-electron chi connectivity index (χ4n) is 0.665. The predicted octanol–water partition coefficient (Wildman–Crippen LogP) is 0.653. The third-order valence-corrected chi connectivity index (χ3v) is 2.12. The van der Waals surface area contributed by atoms with Crippen LogP contribution < -0.4 is 10.2 Å². The number of carbonyl (C=O) groups excluding carboxylic acids is 1. The van der Waals surface area contributed by atoms with Crippen LogP contribution in [0, 0.1) is 12.1 Å². The summed E-state index contributed by atoms with van der Waals surface area (Å²) < 4.78 is 8.09. The number of ether oxygens (including phenoxy) is 1. The maximum atomic E-state index is 10.9. The molecule has 0 aliphatic carbocycles. The molecule has 0 fully saturated rings. The quantitative estimate of drug-likeness (QED) is 0.565. The van der Waals surface area contributed by atoms with Crippen molar-refractivity contribution in [2.24, 2.45) is 0 Å². The van der Waals surface area contributed by atoms with Crippen LogP contribution in [0.15, 0.2) is 0 Å². The van der Waals surface area contributed by atoms with Gasteiger partial charge in [0.15, 0.2) is 5.00 Å². The van der Waals surface area contributed by atoms with Crippen molar-refractivity contribution in [2.75, 3.05) is 11.9 Å². The zero-order valence-electron chi connectivity index (χ0n) is 7.23. The standard InChI is InChI=1S/C6H9N3O3S/c1-3-12-6(10)7-5-4(2)9(11)8-13-5/h3H2,1-2H3,(H,7,10). The molecule has 1 amide bonds. The summed E-state index contributed by atoms with van der Waals surface area (Å²) in [5.41, 5.74) is 0.359. The summed E-state index contributed by atoms with van der Waals surface area (Å²) in [5, 5.41) is 13.6. The fraction of sp³-hybridized carbons (Fsp3) is 0.500. The molecule has 0 aliphatic rings. The van der Waals surface area contributed by atoms with E-state index >= 15 is 0 Å². The normalized spacial score (nSPS) is 9.69. The largest absolute Gasteiger partial charge is 0.593 e. The average Bonchev–Trinajstić information content (AvgIpc) is 2.37. The second-order valence-corrected chi connectivity index (χ2v) is 2.96. The lowest BCUT2D eigenvalue weighted by molar-refractivity contribution is -0.666. The molecule has 1 aromatic rings. The molecule has 1 aromatic heterocycles. The number of anilines is 1. The van der Waals surface area contributed by atoms with Gasteiger partial charge in [-0.25, -0.2) is 4.79 Å². The van der Waals surface area contributed by atoms with Gasteiger partial charge in [0, 0.05) is 6.92 Å². The molecule has 0 unspecified atom stereocenters. The molecule has 0 aromatic carbocycles. The van der Waals surface area contributed by atoms with Crippen molar-refractivity contribution < 1.29 is 14.4 Å². The molecule has 0 saturated heterocycles.